The lowest BCUT2D eigenvalue weighted by Gasteiger charge is -2.17. The van der Waals surface area contributed by atoms with Crippen molar-refractivity contribution in [2.75, 3.05) is 4.90 Å². The van der Waals surface area contributed by atoms with Crippen LogP contribution in [-0.2, 0) is 13.1 Å². The molecule has 0 aromatic heterocycles. The second-order valence-corrected chi connectivity index (χ2v) is 6.91. The molecule has 0 bridgehead atoms. The number of halogens is 2. The number of hydrogen-bond acceptors (Lipinski definition) is 2. The fourth-order valence-corrected chi connectivity index (χ4v) is 3.47. The zero-order valence-corrected chi connectivity index (χ0v) is 15.0. The molecule has 124 valence electrons. The fraction of sp³-hybridized carbons (Fsp3) is 0.0952. The molecule has 0 fully saturated rings. The van der Waals surface area contributed by atoms with Crippen LogP contribution in [0, 0.1) is 0 Å². The Morgan fingerprint density at radius 3 is 2.16 bits per heavy atom. The van der Waals surface area contributed by atoms with Crippen LogP contribution in [0.5, 0.6) is 0 Å². The van der Waals surface area contributed by atoms with Crippen molar-refractivity contribution in [3.8, 4) is 0 Å². The highest BCUT2D eigenvalue weighted by molar-refractivity contribution is 6.36. The summed E-state index contributed by atoms with van der Waals surface area (Å²) in [5, 5.41) is 1.22. The summed E-state index contributed by atoms with van der Waals surface area (Å²) in [5.74, 6) is 0. The highest BCUT2D eigenvalue weighted by Crippen LogP contribution is 2.29. The molecule has 2 nitrogen and oxygen atoms in total. The lowest BCUT2D eigenvalue weighted by molar-refractivity contribution is 0.880. The Bertz CT molecular complexity index is 908. The van der Waals surface area contributed by atoms with E-state index in [9.17, 15) is 0 Å². The smallest absolute Gasteiger partial charge is 0.0631 e. The van der Waals surface area contributed by atoms with Crippen molar-refractivity contribution < 1.29 is 0 Å². The molecule has 0 amide bonds. The minimum absolute atomic E-state index is 0.600. The first-order chi connectivity index (χ1) is 12.2. The summed E-state index contributed by atoms with van der Waals surface area (Å²) in [6, 6.07) is 22.3. The quantitative estimate of drug-likeness (QED) is 0.499. The standard InChI is InChI=1S/C21H16Cl2N2/c22-18-6-5-15(21(23)11-18)12-24-19-7-9-20(10-8-19)25-13-16-3-1-2-4-17(16)14-25/h1-12H,13-14H2. The first kappa shape index (κ1) is 16.2. The average molecular weight is 367 g/mol. The number of aliphatic imine (C=N–C) groups is 1. The summed E-state index contributed by atoms with van der Waals surface area (Å²) in [5.41, 5.74) is 5.76. The van der Waals surface area contributed by atoms with Gasteiger partial charge in [0.2, 0.25) is 0 Å². The van der Waals surface area contributed by atoms with Crippen LogP contribution >= 0.6 is 23.2 Å². The SMILES string of the molecule is Clc1ccc(C=Nc2ccc(N3Cc4ccccc4C3)cc2)c(Cl)c1. The van der Waals surface area contributed by atoms with Crippen LogP contribution in [0.1, 0.15) is 16.7 Å². The van der Waals surface area contributed by atoms with E-state index in [0.29, 0.717) is 10.0 Å². The largest absolute Gasteiger partial charge is 0.363 e. The van der Waals surface area contributed by atoms with E-state index in [-0.39, 0.29) is 0 Å². The molecular weight excluding hydrogens is 351 g/mol. The molecule has 0 saturated heterocycles. The molecule has 4 heteroatoms. The Morgan fingerprint density at radius 2 is 1.52 bits per heavy atom. The Balaban J connectivity index is 1.48. The number of fused-ring (bicyclic) bond motifs is 1. The van der Waals surface area contributed by atoms with Crippen molar-refractivity contribution in [1.82, 2.24) is 0 Å². The highest BCUT2D eigenvalue weighted by Gasteiger charge is 2.18. The van der Waals surface area contributed by atoms with Crippen LogP contribution < -0.4 is 4.90 Å². The van der Waals surface area contributed by atoms with Gasteiger partial charge in [0, 0.05) is 35.6 Å². The van der Waals surface area contributed by atoms with E-state index < -0.39 is 0 Å². The summed E-state index contributed by atoms with van der Waals surface area (Å²) in [6.07, 6.45) is 1.76. The van der Waals surface area contributed by atoms with E-state index in [1.165, 1.54) is 16.8 Å². The lowest BCUT2D eigenvalue weighted by atomic mass is 10.1. The van der Waals surface area contributed by atoms with E-state index in [1.807, 2.05) is 24.3 Å². The van der Waals surface area contributed by atoms with Gasteiger partial charge in [-0.2, -0.15) is 0 Å². The predicted molar refractivity (Wildman–Crippen MR) is 106 cm³/mol. The molecule has 0 aliphatic carbocycles. The molecule has 1 heterocycles. The molecule has 3 aromatic rings. The molecule has 0 unspecified atom stereocenters. The molecule has 0 atom stereocenters. The highest BCUT2D eigenvalue weighted by atomic mass is 35.5. The third-order valence-corrected chi connectivity index (χ3v) is 4.93. The van der Waals surface area contributed by atoms with Gasteiger partial charge in [-0.25, -0.2) is 0 Å². The van der Waals surface area contributed by atoms with Crippen molar-refractivity contribution in [2.24, 2.45) is 4.99 Å². The molecule has 0 N–H and O–H groups in total. The van der Waals surface area contributed by atoms with Crippen LogP contribution in [0.25, 0.3) is 0 Å². The van der Waals surface area contributed by atoms with Crippen LogP contribution in [0.3, 0.4) is 0 Å². The minimum Gasteiger partial charge on any atom is -0.363 e. The molecule has 1 aliphatic heterocycles. The molecule has 0 saturated carbocycles. The maximum absolute atomic E-state index is 6.17. The van der Waals surface area contributed by atoms with E-state index in [0.717, 1.165) is 24.3 Å². The molecule has 25 heavy (non-hydrogen) atoms. The van der Waals surface area contributed by atoms with Gasteiger partial charge >= 0.3 is 0 Å². The van der Waals surface area contributed by atoms with Crippen LogP contribution in [0.4, 0.5) is 11.4 Å². The van der Waals surface area contributed by atoms with Gasteiger partial charge in [0.05, 0.1) is 10.7 Å². The summed E-state index contributed by atoms with van der Waals surface area (Å²) in [6.45, 7) is 1.92. The van der Waals surface area contributed by atoms with E-state index >= 15 is 0 Å². The van der Waals surface area contributed by atoms with Gasteiger partial charge in [-0.1, -0.05) is 53.5 Å². The summed E-state index contributed by atoms with van der Waals surface area (Å²) >= 11 is 12.1. The van der Waals surface area contributed by atoms with E-state index in [1.54, 1.807) is 12.3 Å². The van der Waals surface area contributed by atoms with E-state index in [4.69, 9.17) is 23.2 Å². The second kappa shape index (κ2) is 6.91. The second-order valence-electron chi connectivity index (χ2n) is 6.07. The molecule has 3 aromatic carbocycles. The molecule has 1 aliphatic rings. The van der Waals surface area contributed by atoms with Crippen molar-refractivity contribution in [2.45, 2.75) is 13.1 Å². The van der Waals surface area contributed by atoms with Gasteiger partial charge in [0.25, 0.3) is 0 Å². The molecule has 0 radical (unpaired) electrons. The Labute approximate surface area is 157 Å². The monoisotopic (exact) mass is 366 g/mol. The fourth-order valence-electron chi connectivity index (χ4n) is 3.02. The normalized spacial score (nSPS) is 13.4. The number of anilines is 1. The molecular formula is C21H16Cl2N2. The van der Waals surface area contributed by atoms with Gasteiger partial charge in [0.15, 0.2) is 0 Å². The summed E-state index contributed by atoms with van der Waals surface area (Å²) in [7, 11) is 0. The summed E-state index contributed by atoms with van der Waals surface area (Å²) in [4.78, 5) is 6.87. The van der Waals surface area contributed by atoms with Crippen LogP contribution in [0.2, 0.25) is 10.0 Å². The van der Waals surface area contributed by atoms with Gasteiger partial charge in [-0.3, -0.25) is 4.99 Å². The van der Waals surface area contributed by atoms with Crippen molar-refractivity contribution >= 4 is 40.8 Å². The Morgan fingerprint density at radius 1 is 0.840 bits per heavy atom. The third-order valence-electron chi connectivity index (χ3n) is 4.37. The van der Waals surface area contributed by atoms with E-state index in [2.05, 4.69) is 46.3 Å². The average Bonchev–Trinajstić information content (AvgIpc) is 3.05. The summed E-state index contributed by atoms with van der Waals surface area (Å²) < 4.78 is 0. The molecule has 4 rings (SSSR count). The topological polar surface area (TPSA) is 15.6 Å². The van der Waals surface area contributed by atoms with Gasteiger partial charge in [-0.15, -0.1) is 0 Å². The molecule has 0 spiro atoms. The van der Waals surface area contributed by atoms with Crippen LogP contribution in [0.15, 0.2) is 71.7 Å². The Hall–Kier alpha value is -2.29. The van der Waals surface area contributed by atoms with Gasteiger partial charge in [-0.05, 0) is 47.5 Å². The minimum atomic E-state index is 0.600. The maximum Gasteiger partial charge on any atom is 0.0631 e. The lowest BCUT2D eigenvalue weighted by Crippen LogP contribution is -2.13. The number of hydrogen-bond donors (Lipinski definition) is 0. The van der Waals surface area contributed by atoms with Crippen LogP contribution in [-0.4, -0.2) is 6.21 Å². The van der Waals surface area contributed by atoms with Crippen molar-refractivity contribution in [3.05, 3.63) is 93.5 Å². The predicted octanol–water partition coefficient (Wildman–Crippen LogP) is 6.26. The van der Waals surface area contributed by atoms with Gasteiger partial charge < -0.3 is 4.90 Å². The zero-order valence-electron chi connectivity index (χ0n) is 13.5. The Kier molecular flexibility index (Phi) is 4.48. The van der Waals surface area contributed by atoms with Crippen molar-refractivity contribution in [3.63, 3.8) is 0 Å². The first-order valence-corrected chi connectivity index (χ1v) is 8.85. The number of rotatable bonds is 3. The number of nitrogens with zero attached hydrogens (tertiary/aromatic N) is 2. The van der Waals surface area contributed by atoms with Crippen molar-refractivity contribution in [1.29, 1.82) is 0 Å². The first-order valence-electron chi connectivity index (χ1n) is 8.10. The maximum atomic E-state index is 6.17. The van der Waals surface area contributed by atoms with Gasteiger partial charge in [0.1, 0.15) is 0 Å². The number of benzene rings is 3. The zero-order chi connectivity index (χ0) is 17.2. The third kappa shape index (κ3) is 3.55.